The smallest absolute Gasteiger partial charge is 0.326 e. The molecule has 0 aliphatic heterocycles. The first-order valence-electron chi connectivity index (χ1n) is 11.6. The Bertz CT molecular complexity index is 801. The normalized spacial score (nSPS) is 15.8. The van der Waals surface area contributed by atoms with Crippen LogP contribution in [0.4, 0.5) is 0 Å². The van der Waals surface area contributed by atoms with Crippen molar-refractivity contribution >= 4 is 35.6 Å². The molecule has 0 saturated heterocycles. The molecule has 0 fully saturated rings. The molecule has 0 spiro atoms. The van der Waals surface area contributed by atoms with E-state index in [9.17, 15) is 34.2 Å². The molecule has 206 valence electrons. The number of aliphatic carboxylic acids is 1. The second kappa shape index (κ2) is 16.3. The van der Waals surface area contributed by atoms with E-state index in [0.717, 1.165) is 0 Å². The van der Waals surface area contributed by atoms with E-state index in [1.54, 1.807) is 13.8 Å². The third kappa shape index (κ3) is 12.3. The molecule has 0 aliphatic carbocycles. The monoisotopic (exact) mass is 516 g/mol. The van der Waals surface area contributed by atoms with E-state index >= 15 is 0 Å². The molecule has 6 atom stereocenters. The molecule has 0 aromatic rings. The van der Waals surface area contributed by atoms with Crippen LogP contribution in [0, 0.1) is 5.92 Å². The van der Waals surface area contributed by atoms with Gasteiger partial charge in [0.15, 0.2) is 5.96 Å². The average molecular weight is 517 g/mol. The quantitative estimate of drug-likeness (QED) is 0.0524. The number of rotatable bonds is 17. The maximum atomic E-state index is 12.9. The number of nitrogens with two attached hydrogens (primary N) is 4. The molecule has 13 N–H and O–H groups in total. The number of nitrogens with one attached hydrogen (secondary N) is 3. The van der Waals surface area contributed by atoms with Gasteiger partial charge < -0.3 is 49.1 Å². The molecule has 36 heavy (non-hydrogen) atoms. The summed E-state index contributed by atoms with van der Waals surface area (Å²) in [5.74, 6) is -5.02. The van der Waals surface area contributed by atoms with Crippen molar-refractivity contribution in [1.29, 1.82) is 0 Å². The molecule has 0 aromatic carbocycles. The van der Waals surface area contributed by atoms with Crippen LogP contribution in [-0.2, 0) is 24.0 Å². The van der Waals surface area contributed by atoms with Crippen molar-refractivity contribution in [3.05, 3.63) is 0 Å². The first kappa shape index (κ1) is 32.5. The molecule has 0 saturated carbocycles. The third-order valence-corrected chi connectivity index (χ3v) is 5.45. The van der Waals surface area contributed by atoms with E-state index in [-0.39, 0.29) is 31.8 Å². The molecule has 0 radical (unpaired) electrons. The standard InChI is InChI=1S/C21H40N8O7/c1-4-10(2)15(18(33)27-13(20(35)36)7-8-14(23)31)28-19(34)16(11(3)30)29-17(32)12(22)6-5-9-26-21(24)25/h10-13,15-16,30H,4-9,22H2,1-3H3,(H2,23,31)(H,27,33)(H,28,34)(H,29,32)(H,35,36)(H4,24,25,26). The Labute approximate surface area is 209 Å². The Morgan fingerprint density at radius 3 is 1.92 bits per heavy atom. The van der Waals surface area contributed by atoms with E-state index in [1.807, 2.05) is 0 Å². The number of carbonyl (C=O) groups excluding carboxylic acids is 4. The van der Waals surface area contributed by atoms with Crippen molar-refractivity contribution in [3.63, 3.8) is 0 Å². The SMILES string of the molecule is CCC(C)C(NC(=O)C(NC(=O)C(N)CCCN=C(N)N)C(C)O)C(=O)NC(CCC(N)=O)C(=O)O. The molecule has 0 heterocycles. The maximum Gasteiger partial charge on any atom is 0.326 e. The van der Waals surface area contributed by atoms with Gasteiger partial charge in [-0.3, -0.25) is 24.2 Å². The summed E-state index contributed by atoms with van der Waals surface area (Å²) in [6.07, 6.45) is -0.800. The summed E-state index contributed by atoms with van der Waals surface area (Å²) in [5, 5.41) is 26.6. The molecule has 6 unspecified atom stereocenters. The molecule has 0 aromatic heterocycles. The van der Waals surface area contributed by atoms with Gasteiger partial charge in [-0.05, 0) is 32.1 Å². The van der Waals surface area contributed by atoms with Crippen LogP contribution in [0.5, 0.6) is 0 Å². The summed E-state index contributed by atoms with van der Waals surface area (Å²) in [6.45, 7) is 4.95. The molecule has 0 aliphatic rings. The number of amides is 4. The fourth-order valence-electron chi connectivity index (χ4n) is 3.07. The van der Waals surface area contributed by atoms with E-state index < -0.39 is 65.8 Å². The molecule has 0 rings (SSSR count). The predicted molar refractivity (Wildman–Crippen MR) is 131 cm³/mol. The lowest BCUT2D eigenvalue weighted by molar-refractivity contribution is -0.143. The minimum atomic E-state index is -1.44. The number of aliphatic hydroxyl groups is 1. The Balaban J connectivity index is 5.38. The minimum Gasteiger partial charge on any atom is -0.480 e. The Kier molecular flexibility index (Phi) is 14.7. The zero-order chi connectivity index (χ0) is 28.0. The van der Waals surface area contributed by atoms with Gasteiger partial charge in [0, 0.05) is 13.0 Å². The highest BCUT2D eigenvalue weighted by Crippen LogP contribution is 2.10. The van der Waals surface area contributed by atoms with E-state index in [4.69, 9.17) is 22.9 Å². The van der Waals surface area contributed by atoms with Gasteiger partial charge in [-0.15, -0.1) is 0 Å². The lowest BCUT2D eigenvalue weighted by atomic mass is 9.96. The van der Waals surface area contributed by atoms with Crippen molar-refractivity contribution < 1.29 is 34.2 Å². The number of hydrogen-bond donors (Lipinski definition) is 9. The van der Waals surface area contributed by atoms with Crippen LogP contribution in [0.25, 0.3) is 0 Å². The van der Waals surface area contributed by atoms with E-state index in [2.05, 4.69) is 20.9 Å². The van der Waals surface area contributed by atoms with Gasteiger partial charge in [0.25, 0.3) is 0 Å². The van der Waals surface area contributed by atoms with Crippen LogP contribution in [0.15, 0.2) is 4.99 Å². The summed E-state index contributed by atoms with van der Waals surface area (Å²) in [5.41, 5.74) is 21.4. The maximum absolute atomic E-state index is 12.9. The number of guanidine groups is 1. The summed E-state index contributed by atoms with van der Waals surface area (Å²) < 4.78 is 0. The van der Waals surface area contributed by atoms with Crippen LogP contribution in [-0.4, -0.2) is 82.6 Å². The molecular formula is C21H40N8O7. The fraction of sp³-hybridized carbons (Fsp3) is 0.714. The van der Waals surface area contributed by atoms with Crippen LogP contribution >= 0.6 is 0 Å². The minimum absolute atomic E-state index is 0.0960. The Hall–Kier alpha value is -3.46. The highest BCUT2D eigenvalue weighted by molar-refractivity contribution is 5.94. The second-order valence-corrected chi connectivity index (χ2v) is 8.56. The summed E-state index contributed by atoms with van der Waals surface area (Å²) in [7, 11) is 0. The van der Waals surface area contributed by atoms with E-state index in [1.165, 1.54) is 6.92 Å². The number of nitrogens with zero attached hydrogens (tertiary/aromatic N) is 1. The van der Waals surface area contributed by atoms with Crippen LogP contribution in [0.2, 0.25) is 0 Å². The van der Waals surface area contributed by atoms with Gasteiger partial charge in [0.2, 0.25) is 23.6 Å². The average Bonchev–Trinajstić information content (AvgIpc) is 2.79. The third-order valence-electron chi connectivity index (χ3n) is 5.45. The van der Waals surface area contributed by atoms with Gasteiger partial charge in [-0.2, -0.15) is 0 Å². The van der Waals surface area contributed by atoms with Crippen molar-refractivity contribution in [1.82, 2.24) is 16.0 Å². The van der Waals surface area contributed by atoms with Gasteiger partial charge in [0.05, 0.1) is 12.1 Å². The van der Waals surface area contributed by atoms with E-state index in [0.29, 0.717) is 12.8 Å². The highest BCUT2D eigenvalue weighted by Gasteiger charge is 2.34. The largest absolute Gasteiger partial charge is 0.480 e. The van der Waals surface area contributed by atoms with Crippen LogP contribution < -0.4 is 38.9 Å². The van der Waals surface area contributed by atoms with Crippen molar-refractivity contribution in [2.75, 3.05) is 6.54 Å². The zero-order valence-corrected chi connectivity index (χ0v) is 20.9. The molecule has 15 nitrogen and oxygen atoms in total. The lowest BCUT2D eigenvalue weighted by Gasteiger charge is -2.29. The summed E-state index contributed by atoms with van der Waals surface area (Å²) in [4.78, 5) is 64.5. The number of hydrogen-bond acceptors (Lipinski definition) is 8. The topological polar surface area (TPSA) is 278 Å². The molecule has 4 amide bonds. The number of aliphatic imine (C=N–C) groups is 1. The Morgan fingerprint density at radius 1 is 0.889 bits per heavy atom. The first-order valence-corrected chi connectivity index (χ1v) is 11.6. The van der Waals surface area contributed by atoms with Gasteiger partial charge >= 0.3 is 5.97 Å². The number of aliphatic hydroxyl groups excluding tert-OH is 1. The van der Waals surface area contributed by atoms with Crippen molar-refractivity contribution in [2.24, 2.45) is 33.8 Å². The molecular weight excluding hydrogens is 476 g/mol. The lowest BCUT2D eigenvalue weighted by Crippen LogP contribution is -2.61. The molecule has 15 heteroatoms. The van der Waals surface area contributed by atoms with Gasteiger partial charge in [-0.25, -0.2) is 4.79 Å². The number of carboxylic acids is 1. The van der Waals surface area contributed by atoms with Crippen LogP contribution in [0.1, 0.15) is 52.9 Å². The zero-order valence-electron chi connectivity index (χ0n) is 20.9. The summed E-state index contributed by atoms with van der Waals surface area (Å²) in [6, 6.07) is -5.05. The fourth-order valence-corrected chi connectivity index (χ4v) is 3.07. The second-order valence-electron chi connectivity index (χ2n) is 8.56. The number of carboxylic acid groups (broad SMARTS) is 1. The summed E-state index contributed by atoms with van der Waals surface area (Å²) >= 11 is 0. The van der Waals surface area contributed by atoms with Gasteiger partial charge in [0.1, 0.15) is 18.1 Å². The van der Waals surface area contributed by atoms with Crippen LogP contribution in [0.3, 0.4) is 0 Å². The predicted octanol–water partition coefficient (Wildman–Crippen LogP) is -3.40. The molecule has 0 bridgehead atoms. The van der Waals surface area contributed by atoms with Crippen molar-refractivity contribution in [2.45, 2.75) is 83.1 Å². The Morgan fingerprint density at radius 2 is 1.44 bits per heavy atom. The number of carbonyl (C=O) groups is 5. The number of primary amides is 1. The van der Waals surface area contributed by atoms with Crippen molar-refractivity contribution in [3.8, 4) is 0 Å². The first-order chi connectivity index (χ1) is 16.7. The van der Waals surface area contributed by atoms with Gasteiger partial charge in [-0.1, -0.05) is 20.3 Å². The highest BCUT2D eigenvalue weighted by atomic mass is 16.4.